The van der Waals surface area contributed by atoms with Crippen LogP contribution in [0.1, 0.15) is 41.9 Å². The quantitative estimate of drug-likeness (QED) is 0.626. The number of likely N-dealkylation sites (tertiary alicyclic amines) is 1. The van der Waals surface area contributed by atoms with Gasteiger partial charge in [0, 0.05) is 24.0 Å². The maximum Gasteiger partial charge on any atom is 0.340 e. The van der Waals surface area contributed by atoms with Crippen LogP contribution in [0.3, 0.4) is 0 Å². The van der Waals surface area contributed by atoms with E-state index in [4.69, 9.17) is 17.0 Å². The average molecular weight is 356 g/mol. The molecule has 0 atom stereocenters. The number of nitrogens with one attached hydrogen (secondary N) is 2. The highest BCUT2D eigenvalue weighted by Crippen LogP contribution is 2.29. The van der Waals surface area contributed by atoms with Crippen molar-refractivity contribution in [3.05, 3.63) is 16.5 Å². The molecule has 1 fully saturated rings. The molecule has 0 spiro atoms. The van der Waals surface area contributed by atoms with Crippen molar-refractivity contribution in [3.8, 4) is 0 Å². The van der Waals surface area contributed by atoms with Crippen LogP contribution in [0.25, 0.3) is 0 Å². The Morgan fingerprint density at radius 2 is 2.13 bits per heavy atom. The summed E-state index contributed by atoms with van der Waals surface area (Å²) in [5.74, 6) is -0.331. The van der Waals surface area contributed by atoms with Gasteiger partial charge in [-0.1, -0.05) is 13.8 Å². The molecule has 1 aromatic heterocycles. The molecular weight excluding hydrogens is 330 g/mol. The number of piperidine rings is 1. The molecular formula is C16H25N3O2S2. The van der Waals surface area contributed by atoms with E-state index in [1.165, 1.54) is 7.11 Å². The predicted molar refractivity (Wildman–Crippen MR) is 99.5 cm³/mol. The Morgan fingerprint density at radius 1 is 1.43 bits per heavy atom. The van der Waals surface area contributed by atoms with Crippen LogP contribution in [0, 0.1) is 0 Å². The molecule has 23 heavy (non-hydrogen) atoms. The number of anilines is 1. The number of ether oxygens (including phenoxy) is 1. The summed E-state index contributed by atoms with van der Waals surface area (Å²) in [6.45, 7) is 7.56. The Bertz CT molecular complexity index is 552. The fraction of sp³-hybridized carbons (Fsp3) is 0.625. The van der Waals surface area contributed by atoms with Gasteiger partial charge in [-0.2, -0.15) is 0 Å². The smallest absolute Gasteiger partial charge is 0.340 e. The summed E-state index contributed by atoms with van der Waals surface area (Å²) in [5, 5.41) is 7.89. The zero-order chi connectivity index (χ0) is 16.8. The van der Waals surface area contributed by atoms with Crippen molar-refractivity contribution in [1.82, 2.24) is 10.2 Å². The van der Waals surface area contributed by atoms with E-state index in [-0.39, 0.29) is 5.97 Å². The van der Waals surface area contributed by atoms with Crippen LogP contribution in [-0.2, 0) is 11.2 Å². The number of thiocarbonyl (C=S) groups is 1. The first kappa shape index (κ1) is 18.2. The molecule has 1 aromatic rings. The summed E-state index contributed by atoms with van der Waals surface area (Å²) in [6, 6.07) is 2.27. The molecule has 0 aromatic carbocycles. The highest BCUT2D eigenvalue weighted by atomic mass is 32.1. The summed E-state index contributed by atoms with van der Waals surface area (Å²) < 4.78 is 4.85. The van der Waals surface area contributed by atoms with Crippen molar-refractivity contribution in [2.75, 3.05) is 32.1 Å². The van der Waals surface area contributed by atoms with Gasteiger partial charge in [-0.15, -0.1) is 11.3 Å². The second-order valence-electron chi connectivity index (χ2n) is 5.61. The van der Waals surface area contributed by atoms with Gasteiger partial charge in [0.2, 0.25) is 0 Å². The highest BCUT2D eigenvalue weighted by Gasteiger charge is 2.20. The number of methoxy groups -OCH3 is 1. The van der Waals surface area contributed by atoms with Gasteiger partial charge < -0.3 is 20.3 Å². The van der Waals surface area contributed by atoms with Gasteiger partial charge in [0.05, 0.1) is 12.7 Å². The third-order valence-corrected chi connectivity index (χ3v) is 5.55. The minimum Gasteiger partial charge on any atom is -0.465 e. The van der Waals surface area contributed by atoms with Crippen molar-refractivity contribution < 1.29 is 9.53 Å². The molecule has 1 aliphatic heterocycles. The molecule has 1 saturated heterocycles. The molecule has 2 heterocycles. The molecule has 0 saturated carbocycles. The van der Waals surface area contributed by atoms with E-state index in [2.05, 4.69) is 29.4 Å². The van der Waals surface area contributed by atoms with Gasteiger partial charge in [0.1, 0.15) is 5.00 Å². The van der Waals surface area contributed by atoms with Gasteiger partial charge in [-0.3, -0.25) is 0 Å². The second kappa shape index (κ2) is 8.61. The zero-order valence-corrected chi connectivity index (χ0v) is 15.6. The Kier molecular flexibility index (Phi) is 6.80. The lowest BCUT2D eigenvalue weighted by Gasteiger charge is -2.32. The molecule has 5 nitrogen and oxygen atoms in total. The van der Waals surface area contributed by atoms with E-state index in [9.17, 15) is 4.79 Å². The van der Waals surface area contributed by atoms with Gasteiger partial charge in [-0.05, 0) is 44.1 Å². The third kappa shape index (κ3) is 4.89. The molecule has 2 N–H and O–H groups in total. The Hall–Kier alpha value is -1.18. The summed E-state index contributed by atoms with van der Waals surface area (Å²) in [5.41, 5.74) is 0.555. The molecule has 0 bridgehead atoms. The molecule has 0 unspecified atom stereocenters. The molecule has 128 valence electrons. The van der Waals surface area contributed by atoms with Crippen molar-refractivity contribution in [1.29, 1.82) is 0 Å². The summed E-state index contributed by atoms with van der Waals surface area (Å²) in [6.07, 6.45) is 3.06. The number of carbonyl (C=O) groups excluding carboxylic acids is 1. The Balaban J connectivity index is 1.95. The standard InChI is InChI=1S/C16H25N3O2S2/c1-4-12-10-13(15(20)21-3)14(23-12)18-16(22)17-11-6-8-19(5-2)9-7-11/h10-11H,4-9H2,1-3H3,(H2,17,18,22). The van der Waals surface area contributed by atoms with E-state index in [0.717, 1.165) is 48.8 Å². The maximum absolute atomic E-state index is 11.9. The van der Waals surface area contributed by atoms with Crippen LogP contribution in [0.4, 0.5) is 5.00 Å². The van der Waals surface area contributed by atoms with E-state index < -0.39 is 0 Å². The molecule has 0 amide bonds. The lowest BCUT2D eigenvalue weighted by Crippen LogP contribution is -2.45. The van der Waals surface area contributed by atoms with E-state index in [1.807, 2.05) is 6.07 Å². The van der Waals surface area contributed by atoms with Crippen LogP contribution in [0.15, 0.2) is 6.07 Å². The molecule has 1 aliphatic rings. The monoisotopic (exact) mass is 355 g/mol. The summed E-state index contributed by atoms with van der Waals surface area (Å²) >= 11 is 6.97. The Labute approximate surface area is 147 Å². The maximum atomic E-state index is 11.9. The first-order valence-corrected chi connectivity index (χ1v) is 9.30. The predicted octanol–water partition coefficient (Wildman–Crippen LogP) is 2.87. The van der Waals surface area contributed by atoms with Crippen LogP contribution in [-0.4, -0.2) is 48.8 Å². The van der Waals surface area contributed by atoms with Crippen molar-refractivity contribution in [2.45, 2.75) is 39.2 Å². The number of hydrogen-bond donors (Lipinski definition) is 2. The third-order valence-electron chi connectivity index (χ3n) is 4.13. The number of thiophene rings is 1. The number of hydrogen-bond acceptors (Lipinski definition) is 5. The highest BCUT2D eigenvalue weighted by molar-refractivity contribution is 7.80. The van der Waals surface area contributed by atoms with Crippen LogP contribution >= 0.6 is 23.6 Å². The van der Waals surface area contributed by atoms with Gasteiger partial charge >= 0.3 is 5.97 Å². The zero-order valence-electron chi connectivity index (χ0n) is 14.0. The number of carbonyl (C=O) groups is 1. The van der Waals surface area contributed by atoms with E-state index in [0.29, 0.717) is 16.7 Å². The number of aryl methyl sites for hydroxylation is 1. The SMILES string of the molecule is CCc1cc(C(=O)OC)c(NC(=S)NC2CCN(CC)CC2)s1. The van der Waals surface area contributed by atoms with E-state index >= 15 is 0 Å². The first-order valence-electron chi connectivity index (χ1n) is 8.08. The second-order valence-corrected chi connectivity index (χ2v) is 7.15. The first-order chi connectivity index (χ1) is 11.1. The minimum atomic E-state index is -0.331. The Morgan fingerprint density at radius 3 is 2.70 bits per heavy atom. The van der Waals surface area contributed by atoms with Crippen LogP contribution in [0.2, 0.25) is 0 Å². The molecule has 2 rings (SSSR count). The molecule has 0 aliphatic carbocycles. The average Bonchev–Trinajstić information content (AvgIpc) is 2.97. The van der Waals surface area contributed by atoms with E-state index in [1.54, 1.807) is 11.3 Å². The summed E-state index contributed by atoms with van der Waals surface area (Å²) in [4.78, 5) is 15.5. The topological polar surface area (TPSA) is 53.6 Å². The summed E-state index contributed by atoms with van der Waals surface area (Å²) in [7, 11) is 1.40. The fourth-order valence-electron chi connectivity index (χ4n) is 2.69. The number of esters is 1. The largest absolute Gasteiger partial charge is 0.465 e. The molecule has 0 radical (unpaired) electrons. The minimum absolute atomic E-state index is 0.331. The number of rotatable bonds is 5. The lowest BCUT2D eigenvalue weighted by atomic mass is 10.1. The van der Waals surface area contributed by atoms with Crippen molar-refractivity contribution >= 4 is 39.6 Å². The van der Waals surface area contributed by atoms with Crippen LogP contribution < -0.4 is 10.6 Å². The van der Waals surface area contributed by atoms with Gasteiger partial charge in [0.15, 0.2) is 5.11 Å². The van der Waals surface area contributed by atoms with Crippen molar-refractivity contribution in [3.63, 3.8) is 0 Å². The molecule has 7 heteroatoms. The fourth-order valence-corrected chi connectivity index (χ4v) is 4.01. The lowest BCUT2D eigenvalue weighted by molar-refractivity contribution is 0.0602. The van der Waals surface area contributed by atoms with Crippen molar-refractivity contribution in [2.24, 2.45) is 0 Å². The number of nitrogens with zero attached hydrogens (tertiary/aromatic N) is 1. The van der Waals surface area contributed by atoms with Crippen LogP contribution in [0.5, 0.6) is 0 Å². The van der Waals surface area contributed by atoms with Gasteiger partial charge in [-0.25, -0.2) is 4.79 Å². The van der Waals surface area contributed by atoms with Gasteiger partial charge in [0.25, 0.3) is 0 Å². The normalized spacial score (nSPS) is 16.1.